The zero-order valence-corrected chi connectivity index (χ0v) is 11.3. The first-order valence-corrected chi connectivity index (χ1v) is 6.81. The van der Waals surface area contributed by atoms with E-state index in [2.05, 4.69) is 4.90 Å². The average molecular weight is 253 g/mol. The lowest BCUT2D eigenvalue weighted by molar-refractivity contribution is -0.142. The maximum atomic E-state index is 11.7. The van der Waals surface area contributed by atoms with E-state index in [1.165, 1.54) is 0 Å². The number of rotatable bonds is 3. The van der Waals surface area contributed by atoms with Crippen LogP contribution in [0.15, 0.2) is 0 Å². The van der Waals surface area contributed by atoms with E-state index in [0.29, 0.717) is 6.04 Å². The number of carbonyl (C=O) groups excluding carboxylic acids is 2. The first kappa shape index (κ1) is 13.3. The van der Waals surface area contributed by atoms with E-state index in [1.54, 1.807) is 0 Å². The largest absolute Gasteiger partial charge is 0.369 e. The zero-order valence-electron chi connectivity index (χ0n) is 11.3. The molecule has 0 radical (unpaired) electrons. The van der Waals surface area contributed by atoms with Crippen LogP contribution in [0.5, 0.6) is 0 Å². The van der Waals surface area contributed by atoms with Gasteiger partial charge in [-0.15, -0.1) is 0 Å². The second-order valence-corrected chi connectivity index (χ2v) is 5.76. The normalized spacial score (nSPS) is 23.2. The fourth-order valence-corrected chi connectivity index (χ4v) is 2.78. The number of carbonyl (C=O) groups is 2. The second kappa shape index (κ2) is 5.26. The van der Waals surface area contributed by atoms with Crippen LogP contribution in [-0.4, -0.2) is 53.8 Å². The predicted octanol–water partition coefficient (Wildman–Crippen LogP) is 0.0505. The Labute approximate surface area is 108 Å². The van der Waals surface area contributed by atoms with E-state index in [9.17, 15) is 9.59 Å². The van der Waals surface area contributed by atoms with Crippen LogP contribution in [0.3, 0.4) is 0 Å². The van der Waals surface area contributed by atoms with E-state index in [-0.39, 0.29) is 23.7 Å². The van der Waals surface area contributed by atoms with E-state index in [4.69, 9.17) is 5.73 Å². The third kappa shape index (κ3) is 2.66. The molecule has 0 spiro atoms. The van der Waals surface area contributed by atoms with Gasteiger partial charge in [-0.3, -0.25) is 14.5 Å². The predicted molar refractivity (Wildman–Crippen MR) is 68.7 cm³/mol. The van der Waals surface area contributed by atoms with Gasteiger partial charge in [-0.25, -0.2) is 0 Å². The second-order valence-electron chi connectivity index (χ2n) is 5.76. The minimum atomic E-state index is -0.167. The van der Waals surface area contributed by atoms with Crippen LogP contribution in [-0.2, 0) is 9.59 Å². The van der Waals surface area contributed by atoms with Crippen molar-refractivity contribution in [1.82, 2.24) is 9.80 Å². The summed E-state index contributed by atoms with van der Waals surface area (Å²) in [5, 5.41) is 0. The molecule has 2 amide bonds. The molecule has 2 heterocycles. The van der Waals surface area contributed by atoms with Crippen LogP contribution in [0, 0.1) is 11.8 Å². The van der Waals surface area contributed by atoms with Crippen LogP contribution in [0.1, 0.15) is 26.7 Å². The Morgan fingerprint density at radius 1 is 1.17 bits per heavy atom. The average Bonchev–Trinajstić information content (AvgIpc) is 2.27. The van der Waals surface area contributed by atoms with Gasteiger partial charge in [0.15, 0.2) is 0 Å². The molecule has 2 fully saturated rings. The van der Waals surface area contributed by atoms with E-state index >= 15 is 0 Å². The Kier molecular flexibility index (Phi) is 3.90. The number of primary amides is 1. The summed E-state index contributed by atoms with van der Waals surface area (Å²) in [7, 11) is 0. The SMILES string of the molecule is CC(C)C(=O)N1CC(N2CCC(C(N)=O)CC2)C1. The molecule has 0 saturated carbocycles. The first-order chi connectivity index (χ1) is 8.49. The van der Waals surface area contributed by atoms with E-state index < -0.39 is 0 Å². The fraction of sp³-hybridized carbons (Fsp3) is 0.846. The molecular weight excluding hydrogens is 230 g/mol. The topological polar surface area (TPSA) is 66.6 Å². The number of hydrogen-bond acceptors (Lipinski definition) is 3. The molecule has 2 saturated heterocycles. The smallest absolute Gasteiger partial charge is 0.225 e. The molecular formula is C13H23N3O2. The summed E-state index contributed by atoms with van der Waals surface area (Å²) < 4.78 is 0. The molecule has 2 N–H and O–H groups in total. The summed E-state index contributed by atoms with van der Waals surface area (Å²) in [6, 6.07) is 0.488. The molecule has 0 aliphatic carbocycles. The molecule has 0 aromatic rings. The summed E-state index contributed by atoms with van der Waals surface area (Å²) in [6.07, 6.45) is 1.73. The van der Waals surface area contributed by atoms with Crippen molar-refractivity contribution in [2.24, 2.45) is 17.6 Å². The Hall–Kier alpha value is -1.10. The van der Waals surface area contributed by atoms with Crippen molar-refractivity contribution < 1.29 is 9.59 Å². The van der Waals surface area contributed by atoms with Gasteiger partial charge in [-0.2, -0.15) is 0 Å². The Morgan fingerprint density at radius 2 is 1.72 bits per heavy atom. The fourth-order valence-electron chi connectivity index (χ4n) is 2.78. The van der Waals surface area contributed by atoms with E-state index in [1.807, 2.05) is 18.7 Å². The van der Waals surface area contributed by atoms with Gasteiger partial charge < -0.3 is 10.6 Å². The molecule has 0 unspecified atom stereocenters. The molecule has 2 rings (SSSR count). The van der Waals surface area contributed by atoms with Gasteiger partial charge in [-0.1, -0.05) is 13.8 Å². The standard InChI is InChI=1S/C13H23N3O2/c1-9(2)13(18)16-7-11(8-16)15-5-3-10(4-6-15)12(14)17/h9-11H,3-8H2,1-2H3,(H2,14,17). The molecule has 102 valence electrons. The molecule has 2 aliphatic rings. The highest BCUT2D eigenvalue weighted by molar-refractivity contribution is 5.79. The zero-order chi connectivity index (χ0) is 13.3. The lowest BCUT2D eigenvalue weighted by atomic mass is 9.93. The summed E-state index contributed by atoms with van der Waals surface area (Å²) in [5.41, 5.74) is 5.32. The van der Waals surface area contributed by atoms with Gasteiger partial charge in [0.1, 0.15) is 0 Å². The molecule has 0 aromatic carbocycles. The van der Waals surface area contributed by atoms with Crippen molar-refractivity contribution in [3.63, 3.8) is 0 Å². The van der Waals surface area contributed by atoms with Gasteiger partial charge in [0.05, 0.1) is 0 Å². The third-order valence-electron chi connectivity index (χ3n) is 4.12. The molecule has 0 bridgehead atoms. The highest BCUT2D eigenvalue weighted by Crippen LogP contribution is 2.23. The molecule has 2 aliphatic heterocycles. The maximum Gasteiger partial charge on any atom is 0.225 e. The monoisotopic (exact) mass is 253 g/mol. The van der Waals surface area contributed by atoms with E-state index in [0.717, 1.165) is 39.0 Å². The van der Waals surface area contributed by atoms with Gasteiger partial charge >= 0.3 is 0 Å². The van der Waals surface area contributed by atoms with Crippen molar-refractivity contribution in [1.29, 1.82) is 0 Å². The summed E-state index contributed by atoms with van der Waals surface area (Å²) in [6.45, 7) is 7.43. The van der Waals surface area contributed by atoms with Gasteiger partial charge in [-0.05, 0) is 25.9 Å². The van der Waals surface area contributed by atoms with Crippen LogP contribution in [0.4, 0.5) is 0 Å². The highest BCUT2D eigenvalue weighted by atomic mass is 16.2. The molecule has 5 nitrogen and oxygen atoms in total. The van der Waals surface area contributed by atoms with Crippen LogP contribution in [0.2, 0.25) is 0 Å². The minimum Gasteiger partial charge on any atom is -0.369 e. The Morgan fingerprint density at radius 3 is 2.17 bits per heavy atom. The quantitative estimate of drug-likeness (QED) is 0.773. The van der Waals surface area contributed by atoms with Crippen molar-refractivity contribution in [3.05, 3.63) is 0 Å². The minimum absolute atomic E-state index is 0.0507. The van der Waals surface area contributed by atoms with Crippen LogP contribution >= 0.6 is 0 Å². The number of amides is 2. The number of nitrogens with two attached hydrogens (primary N) is 1. The number of likely N-dealkylation sites (tertiary alicyclic amines) is 2. The third-order valence-corrected chi connectivity index (χ3v) is 4.12. The molecule has 5 heteroatoms. The van der Waals surface area contributed by atoms with Crippen LogP contribution < -0.4 is 5.73 Å². The summed E-state index contributed by atoms with van der Waals surface area (Å²) >= 11 is 0. The lowest BCUT2D eigenvalue weighted by Gasteiger charge is -2.47. The maximum absolute atomic E-state index is 11.7. The highest BCUT2D eigenvalue weighted by Gasteiger charge is 2.37. The van der Waals surface area contributed by atoms with Gasteiger partial charge in [0, 0.05) is 31.0 Å². The van der Waals surface area contributed by atoms with Gasteiger partial charge in [0.2, 0.25) is 11.8 Å². The molecule has 0 atom stereocenters. The summed E-state index contributed by atoms with van der Waals surface area (Å²) in [5.74, 6) is 0.222. The van der Waals surface area contributed by atoms with Crippen LogP contribution in [0.25, 0.3) is 0 Å². The van der Waals surface area contributed by atoms with Gasteiger partial charge in [0.25, 0.3) is 0 Å². The Balaban J connectivity index is 1.74. The molecule has 0 aromatic heterocycles. The van der Waals surface area contributed by atoms with Crippen molar-refractivity contribution >= 4 is 11.8 Å². The molecule has 18 heavy (non-hydrogen) atoms. The number of hydrogen-bond donors (Lipinski definition) is 1. The Bertz CT molecular complexity index is 329. The van der Waals surface area contributed by atoms with Crippen molar-refractivity contribution in [3.8, 4) is 0 Å². The number of nitrogens with zero attached hydrogens (tertiary/aromatic N) is 2. The van der Waals surface area contributed by atoms with Crippen molar-refractivity contribution in [2.75, 3.05) is 26.2 Å². The summed E-state index contributed by atoms with van der Waals surface area (Å²) in [4.78, 5) is 27.1. The number of piperidine rings is 1. The lowest BCUT2D eigenvalue weighted by Crippen LogP contribution is -2.63. The first-order valence-electron chi connectivity index (χ1n) is 6.81. The van der Waals surface area contributed by atoms with Crippen molar-refractivity contribution in [2.45, 2.75) is 32.7 Å².